The van der Waals surface area contributed by atoms with Crippen LogP contribution in [0.25, 0.3) is 0 Å². The van der Waals surface area contributed by atoms with Crippen LogP contribution >= 0.6 is 0 Å². The highest BCUT2D eigenvalue weighted by Crippen LogP contribution is 2.26. The summed E-state index contributed by atoms with van der Waals surface area (Å²) in [7, 11) is 0. The van der Waals surface area contributed by atoms with Gasteiger partial charge in [0.15, 0.2) is 6.10 Å². The van der Waals surface area contributed by atoms with E-state index < -0.39 is 12.2 Å². The number of carbonyl (C=O) groups excluding carboxylic acids is 1. The number of carbonyl (C=O) groups is 1. The fourth-order valence-electron chi connectivity index (χ4n) is 1.91. The van der Waals surface area contributed by atoms with Crippen molar-refractivity contribution >= 4 is 6.09 Å². The summed E-state index contributed by atoms with van der Waals surface area (Å²) < 4.78 is 5.51. The van der Waals surface area contributed by atoms with Crippen molar-refractivity contribution in [1.29, 1.82) is 0 Å². The molecule has 1 N–H and O–H groups in total. The molecule has 0 saturated heterocycles. The number of alkyl carbamates (subject to hydrolysis) is 1. The molecule has 0 saturated carbocycles. The van der Waals surface area contributed by atoms with E-state index in [2.05, 4.69) is 21.9 Å². The van der Waals surface area contributed by atoms with E-state index in [0.29, 0.717) is 12.2 Å². The minimum absolute atomic E-state index is 0.347. The van der Waals surface area contributed by atoms with Crippen molar-refractivity contribution in [3.05, 3.63) is 72.3 Å². The summed E-state index contributed by atoms with van der Waals surface area (Å²) in [5.74, 6) is 0. The first kappa shape index (κ1) is 14.7. The van der Waals surface area contributed by atoms with Crippen molar-refractivity contribution in [3.63, 3.8) is 0 Å². The maximum absolute atomic E-state index is 11.8. The van der Waals surface area contributed by atoms with E-state index in [1.807, 2.05) is 31.2 Å². The lowest BCUT2D eigenvalue weighted by Crippen LogP contribution is -2.27. The third kappa shape index (κ3) is 3.89. The van der Waals surface area contributed by atoms with Crippen molar-refractivity contribution in [3.8, 4) is 0 Å². The standard InChI is InChI=1S/C16H17N3O2/c1-3-8-19-16(20)21-15(14-11-17-9-10-18-14)13-7-5-4-6-12(13)2/h3-7,9-11,15H,1,8H2,2H3,(H,19,20). The molecule has 0 aliphatic rings. The van der Waals surface area contributed by atoms with Crippen molar-refractivity contribution in [1.82, 2.24) is 15.3 Å². The monoisotopic (exact) mass is 283 g/mol. The normalized spacial score (nSPS) is 11.5. The van der Waals surface area contributed by atoms with Gasteiger partial charge in [-0.1, -0.05) is 30.3 Å². The minimum atomic E-state index is -0.593. The number of aromatic nitrogens is 2. The van der Waals surface area contributed by atoms with Gasteiger partial charge in [0.1, 0.15) is 5.69 Å². The quantitative estimate of drug-likeness (QED) is 0.857. The largest absolute Gasteiger partial charge is 0.435 e. The van der Waals surface area contributed by atoms with E-state index in [1.165, 1.54) is 0 Å². The Morgan fingerprint density at radius 3 is 2.90 bits per heavy atom. The molecule has 1 aromatic carbocycles. The molecule has 1 amide bonds. The first-order chi connectivity index (χ1) is 10.2. The number of hydrogen-bond acceptors (Lipinski definition) is 4. The lowest BCUT2D eigenvalue weighted by molar-refractivity contribution is 0.115. The summed E-state index contributed by atoms with van der Waals surface area (Å²) >= 11 is 0. The van der Waals surface area contributed by atoms with E-state index in [4.69, 9.17) is 4.74 Å². The Balaban J connectivity index is 2.29. The Hall–Kier alpha value is -2.69. The van der Waals surface area contributed by atoms with E-state index in [0.717, 1.165) is 11.1 Å². The summed E-state index contributed by atoms with van der Waals surface area (Å²) in [5.41, 5.74) is 2.48. The summed E-state index contributed by atoms with van der Waals surface area (Å²) in [5, 5.41) is 2.59. The molecule has 1 atom stereocenters. The Morgan fingerprint density at radius 1 is 1.43 bits per heavy atom. The zero-order valence-corrected chi connectivity index (χ0v) is 11.8. The van der Waals surface area contributed by atoms with Crippen LogP contribution in [-0.4, -0.2) is 22.6 Å². The highest BCUT2D eigenvalue weighted by molar-refractivity contribution is 5.68. The molecular formula is C16H17N3O2. The van der Waals surface area contributed by atoms with Crippen LogP contribution in [0.15, 0.2) is 55.5 Å². The topological polar surface area (TPSA) is 64.1 Å². The fraction of sp³-hybridized carbons (Fsp3) is 0.188. The molecule has 2 rings (SSSR count). The van der Waals surface area contributed by atoms with E-state index >= 15 is 0 Å². The molecule has 2 aromatic rings. The average Bonchev–Trinajstić information content (AvgIpc) is 2.52. The van der Waals surface area contributed by atoms with Crippen LogP contribution in [0.5, 0.6) is 0 Å². The van der Waals surface area contributed by atoms with Gasteiger partial charge < -0.3 is 10.1 Å². The van der Waals surface area contributed by atoms with E-state index in [1.54, 1.807) is 24.7 Å². The minimum Gasteiger partial charge on any atom is -0.435 e. The van der Waals surface area contributed by atoms with E-state index in [9.17, 15) is 4.79 Å². The third-order valence-electron chi connectivity index (χ3n) is 2.94. The molecule has 108 valence electrons. The number of nitrogens with zero attached hydrogens (tertiary/aromatic N) is 2. The summed E-state index contributed by atoms with van der Waals surface area (Å²) in [6.45, 7) is 5.86. The van der Waals surface area contributed by atoms with Gasteiger partial charge >= 0.3 is 6.09 Å². The molecule has 0 aliphatic heterocycles. The molecule has 0 radical (unpaired) electrons. The van der Waals surface area contributed by atoms with Gasteiger partial charge in [-0.2, -0.15) is 0 Å². The van der Waals surface area contributed by atoms with Crippen LogP contribution in [0.4, 0.5) is 4.79 Å². The lowest BCUT2D eigenvalue weighted by Gasteiger charge is -2.19. The van der Waals surface area contributed by atoms with Gasteiger partial charge in [0.2, 0.25) is 0 Å². The first-order valence-corrected chi connectivity index (χ1v) is 6.59. The second-order valence-electron chi connectivity index (χ2n) is 4.44. The molecule has 1 heterocycles. The second-order valence-corrected chi connectivity index (χ2v) is 4.44. The molecule has 5 heteroatoms. The Morgan fingerprint density at radius 2 is 2.24 bits per heavy atom. The van der Waals surface area contributed by atoms with Gasteiger partial charge in [-0.3, -0.25) is 9.97 Å². The van der Waals surface area contributed by atoms with Crippen LogP contribution in [0.1, 0.15) is 22.9 Å². The van der Waals surface area contributed by atoms with Crippen LogP contribution in [-0.2, 0) is 4.74 Å². The Kier molecular flexibility index (Phi) is 5.04. The van der Waals surface area contributed by atoms with Gasteiger partial charge in [-0.25, -0.2) is 4.79 Å². The maximum Gasteiger partial charge on any atom is 0.408 e. The number of rotatable bonds is 5. The summed E-state index contributed by atoms with van der Waals surface area (Å²) in [6, 6.07) is 7.71. The predicted octanol–water partition coefficient (Wildman–Crippen LogP) is 2.79. The van der Waals surface area contributed by atoms with Crippen molar-refractivity contribution < 1.29 is 9.53 Å². The molecule has 0 aliphatic carbocycles. The molecule has 5 nitrogen and oxygen atoms in total. The fourth-order valence-corrected chi connectivity index (χ4v) is 1.91. The van der Waals surface area contributed by atoms with Gasteiger partial charge in [-0.05, 0) is 12.5 Å². The van der Waals surface area contributed by atoms with Crippen molar-refractivity contribution in [2.24, 2.45) is 0 Å². The van der Waals surface area contributed by atoms with Crippen molar-refractivity contribution in [2.45, 2.75) is 13.0 Å². The number of nitrogens with one attached hydrogen (secondary N) is 1. The third-order valence-corrected chi connectivity index (χ3v) is 2.94. The van der Waals surface area contributed by atoms with Crippen molar-refractivity contribution in [2.75, 3.05) is 6.54 Å². The Labute approximate surface area is 123 Å². The highest BCUT2D eigenvalue weighted by atomic mass is 16.6. The summed E-state index contributed by atoms with van der Waals surface area (Å²) in [4.78, 5) is 20.1. The zero-order valence-electron chi connectivity index (χ0n) is 11.8. The molecule has 0 spiro atoms. The second kappa shape index (κ2) is 7.19. The Bertz CT molecular complexity index is 614. The SMILES string of the molecule is C=CCNC(=O)OC(c1cnccn1)c1ccccc1C. The molecule has 1 aromatic heterocycles. The number of amides is 1. The van der Waals surface area contributed by atoms with E-state index in [-0.39, 0.29) is 0 Å². The summed E-state index contributed by atoms with van der Waals surface area (Å²) in [6.07, 6.45) is 5.23. The number of hydrogen-bond donors (Lipinski definition) is 1. The lowest BCUT2D eigenvalue weighted by atomic mass is 10.0. The molecule has 0 bridgehead atoms. The molecular weight excluding hydrogens is 266 g/mol. The smallest absolute Gasteiger partial charge is 0.408 e. The number of ether oxygens (including phenoxy) is 1. The van der Waals surface area contributed by atoms with Crippen LogP contribution < -0.4 is 5.32 Å². The average molecular weight is 283 g/mol. The number of aryl methyl sites for hydroxylation is 1. The van der Waals surface area contributed by atoms with Gasteiger partial charge in [0.25, 0.3) is 0 Å². The zero-order chi connectivity index (χ0) is 15.1. The highest BCUT2D eigenvalue weighted by Gasteiger charge is 2.21. The molecule has 21 heavy (non-hydrogen) atoms. The number of benzene rings is 1. The molecule has 1 unspecified atom stereocenters. The predicted molar refractivity (Wildman–Crippen MR) is 79.7 cm³/mol. The van der Waals surface area contributed by atoms with Crippen LogP contribution in [0, 0.1) is 6.92 Å². The maximum atomic E-state index is 11.8. The van der Waals surface area contributed by atoms with Crippen LogP contribution in [0.2, 0.25) is 0 Å². The molecule has 0 fully saturated rings. The van der Waals surface area contributed by atoms with Gasteiger partial charge in [0.05, 0.1) is 6.20 Å². The van der Waals surface area contributed by atoms with Gasteiger partial charge in [-0.15, -0.1) is 6.58 Å². The van der Waals surface area contributed by atoms with Gasteiger partial charge in [0, 0.05) is 24.5 Å². The first-order valence-electron chi connectivity index (χ1n) is 6.59. The van der Waals surface area contributed by atoms with Crippen LogP contribution in [0.3, 0.4) is 0 Å².